The van der Waals surface area contributed by atoms with E-state index < -0.39 is 0 Å². The topological polar surface area (TPSA) is 60.4 Å². The van der Waals surface area contributed by atoms with E-state index >= 15 is 0 Å². The lowest BCUT2D eigenvalue weighted by atomic mass is 10.1. The molecule has 3 aromatic rings. The van der Waals surface area contributed by atoms with Crippen molar-refractivity contribution in [2.75, 3.05) is 6.61 Å². The second-order valence-corrected chi connectivity index (χ2v) is 6.00. The van der Waals surface area contributed by atoms with E-state index in [1.54, 1.807) is 12.1 Å². The molecular formula is C18H19ClN2O2. The Morgan fingerprint density at radius 3 is 2.57 bits per heavy atom. The largest absolute Gasteiger partial charge is 0.441 e. The zero-order valence-electron chi connectivity index (χ0n) is 12.9. The summed E-state index contributed by atoms with van der Waals surface area (Å²) in [7, 11) is 1.96. The Balaban J connectivity index is 2.08. The van der Waals surface area contributed by atoms with Gasteiger partial charge in [0.15, 0.2) is 0 Å². The summed E-state index contributed by atoms with van der Waals surface area (Å²) in [6, 6.07) is 15.0. The second kappa shape index (κ2) is 6.62. The number of nitrogens with two attached hydrogens (primary N) is 1. The average Bonchev–Trinajstić information content (AvgIpc) is 2.83. The molecule has 0 bridgehead atoms. The minimum atomic E-state index is -0.326. The summed E-state index contributed by atoms with van der Waals surface area (Å²) in [4.78, 5) is 0. The summed E-state index contributed by atoms with van der Waals surface area (Å²) in [5.41, 5.74) is 8.02. The standard InChI is InChI=1S/C18H19ClN2O2/c1-21-17-5-3-2-4-15(17)16(10-13(20)11-22)18(21)23-14-8-6-12(19)7-9-14/h2-9,13,22H,10-11,20H2,1H3. The molecule has 0 spiro atoms. The molecule has 1 aromatic heterocycles. The number of hydrogen-bond acceptors (Lipinski definition) is 3. The molecule has 0 saturated heterocycles. The van der Waals surface area contributed by atoms with Crippen LogP contribution in [0, 0.1) is 0 Å². The number of para-hydroxylation sites is 1. The van der Waals surface area contributed by atoms with Gasteiger partial charge < -0.3 is 20.1 Å². The normalized spacial score (nSPS) is 12.5. The minimum absolute atomic E-state index is 0.0659. The van der Waals surface area contributed by atoms with Crippen molar-refractivity contribution in [3.63, 3.8) is 0 Å². The molecule has 4 nitrogen and oxygen atoms in total. The predicted molar refractivity (Wildman–Crippen MR) is 93.2 cm³/mol. The van der Waals surface area contributed by atoms with Crippen LogP contribution in [0.5, 0.6) is 11.6 Å². The Morgan fingerprint density at radius 2 is 1.87 bits per heavy atom. The first-order chi connectivity index (χ1) is 11.1. The quantitative estimate of drug-likeness (QED) is 0.753. The van der Waals surface area contributed by atoms with Gasteiger partial charge in [0.25, 0.3) is 0 Å². The van der Waals surface area contributed by atoms with Crippen LogP contribution in [0.15, 0.2) is 48.5 Å². The number of aliphatic hydroxyl groups is 1. The zero-order chi connectivity index (χ0) is 16.4. The van der Waals surface area contributed by atoms with Gasteiger partial charge in [0.2, 0.25) is 5.88 Å². The van der Waals surface area contributed by atoms with Gasteiger partial charge in [0.1, 0.15) is 5.75 Å². The maximum atomic E-state index is 9.30. The van der Waals surface area contributed by atoms with Crippen molar-refractivity contribution >= 4 is 22.5 Å². The Morgan fingerprint density at radius 1 is 1.17 bits per heavy atom. The summed E-state index contributed by atoms with van der Waals surface area (Å²) in [6.07, 6.45) is 0.542. The maximum absolute atomic E-state index is 9.30. The number of hydrogen-bond donors (Lipinski definition) is 2. The number of aryl methyl sites for hydroxylation is 1. The van der Waals surface area contributed by atoms with Crippen LogP contribution in [0.25, 0.3) is 10.9 Å². The van der Waals surface area contributed by atoms with E-state index in [1.165, 1.54) is 0 Å². The monoisotopic (exact) mass is 330 g/mol. The van der Waals surface area contributed by atoms with Crippen LogP contribution in [0.1, 0.15) is 5.56 Å². The van der Waals surface area contributed by atoms with Gasteiger partial charge in [-0.25, -0.2) is 0 Å². The van der Waals surface area contributed by atoms with Crippen LogP contribution in [-0.4, -0.2) is 22.3 Å². The van der Waals surface area contributed by atoms with Crippen molar-refractivity contribution < 1.29 is 9.84 Å². The molecule has 23 heavy (non-hydrogen) atoms. The summed E-state index contributed by atoms with van der Waals surface area (Å²) < 4.78 is 8.10. The van der Waals surface area contributed by atoms with Gasteiger partial charge in [-0.3, -0.25) is 0 Å². The number of rotatable bonds is 5. The highest BCUT2D eigenvalue weighted by molar-refractivity contribution is 6.30. The van der Waals surface area contributed by atoms with E-state index in [0.29, 0.717) is 17.2 Å². The van der Waals surface area contributed by atoms with Gasteiger partial charge in [-0.15, -0.1) is 0 Å². The molecule has 1 atom stereocenters. The fourth-order valence-electron chi connectivity index (χ4n) is 2.72. The van der Waals surface area contributed by atoms with E-state index in [2.05, 4.69) is 0 Å². The maximum Gasteiger partial charge on any atom is 0.204 e. The van der Waals surface area contributed by atoms with E-state index in [-0.39, 0.29) is 12.6 Å². The Labute approximate surface area is 140 Å². The van der Waals surface area contributed by atoms with Crippen molar-refractivity contribution in [2.45, 2.75) is 12.5 Å². The van der Waals surface area contributed by atoms with Gasteiger partial charge in [0.05, 0.1) is 12.1 Å². The molecule has 0 amide bonds. The van der Waals surface area contributed by atoms with E-state index in [0.717, 1.165) is 22.3 Å². The summed E-state index contributed by atoms with van der Waals surface area (Å²) >= 11 is 5.92. The van der Waals surface area contributed by atoms with Crippen molar-refractivity contribution in [2.24, 2.45) is 12.8 Å². The lowest BCUT2D eigenvalue weighted by Crippen LogP contribution is -2.26. The van der Waals surface area contributed by atoms with Crippen LogP contribution in [0.2, 0.25) is 5.02 Å². The van der Waals surface area contributed by atoms with Gasteiger partial charge in [-0.1, -0.05) is 29.8 Å². The van der Waals surface area contributed by atoms with Crippen molar-refractivity contribution in [1.82, 2.24) is 4.57 Å². The molecule has 1 unspecified atom stereocenters. The number of fused-ring (bicyclic) bond motifs is 1. The third-order valence-electron chi connectivity index (χ3n) is 3.88. The Kier molecular flexibility index (Phi) is 4.57. The molecule has 0 aliphatic heterocycles. The molecule has 0 aliphatic rings. The zero-order valence-corrected chi connectivity index (χ0v) is 13.6. The lowest BCUT2D eigenvalue weighted by molar-refractivity contribution is 0.264. The number of benzene rings is 2. The first kappa shape index (κ1) is 15.9. The number of ether oxygens (including phenoxy) is 1. The van der Waals surface area contributed by atoms with Crippen LogP contribution in [0.3, 0.4) is 0 Å². The van der Waals surface area contributed by atoms with Crippen LogP contribution in [0.4, 0.5) is 0 Å². The number of nitrogens with zero attached hydrogens (tertiary/aromatic N) is 1. The molecule has 3 N–H and O–H groups in total. The smallest absolute Gasteiger partial charge is 0.204 e. The fourth-order valence-corrected chi connectivity index (χ4v) is 2.84. The predicted octanol–water partition coefficient (Wildman–Crippen LogP) is 3.49. The summed E-state index contributed by atoms with van der Waals surface area (Å²) in [5.74, 6) is 1.44. The molecule has 1 heterocycles. The highest BCUT2D eigenvalue weighted by Crippen LogP contribution is 2.35. The van der Waals surface area contributed by atoms with Gasteiger partial charge >= 0.3 is 0 Å². The van der Waals surface area contributed by atoms with E-state index in [9.17, 15) is 5.11 Å². The molecule has 2 aromatic carbocycles. The third kappa shape index (κ3) is 3.20. The molecule has 0 fully saturated rings. The fraction of sp³-hybridized carbons (Fsp3) is 0.222. The molecular weight excluding hydrogens is 312 g/mol. The van der Waals surface area contributed by atoms with E-state index in [4.69, 9.17) is 22.1 Å². The van der Waals surface area contributed by atoms with Crippen LogP contribution >= 0.6 is 11.6 Å². The molecule has 0 radical (unpaired) electrons. The number of halogens is 1. The molecule has 0 saturated carbocycles. The first-order valence-corrected chi connectivity index (χ1v) is 7.84. The Hall–Kier alpha value is -2.01. The SMILES string of the molecule is Cn1c(Oc2ccc(Cl)cc2)c(CC(N)CO)c2ccccc21. The van der Waals surface area contributed by atoms with Gasteiger partial charge in [-0.2, -0.15) is 0 Å². The van der Waals surface area contributed by atoms with Gasteiger partial charge in [-0.05, 0) is 36.8 Å². The van der Waals surface area contributed by atoms with E-state index in [1.807, 2.05) is 48.0 Å². The Bertz CT molecular complexity index is 812. The lowest BCUT2D eigenvalue weighted by Gasteiger charge is -2.12. The van der Waals surface area contributed by atoms with Crippen molar-refractivity contribution in [1.29, 1.82) is 0 Å². The number of aromatic nitrogens is 1. The van der Waals surface area contributed by atoms with Crippen LogP contribution in [-0.2, 0) is 13.5 Å². The third-order valence-corrected chi connectivity index (χ3v) is 4.13. The first-order valence-electron chi connectivity index (χ1n) is 7.46. The summed E-state index contributed by atoms with van der Waals surface area (Å²) in [6.45, 7) is -0.0659. The highest BCUT2D eigenvalue weighted by atomic mass is 35.5. The summed E-state index contributed by atoms with van der Waals surface area (Å²) in [5, 5.41) is 11.0. The average molecular weight is 331 g/mol. The van der Waals surface area contributed by atoms with Gasteiger partial charge in [0, 0.05) is 29.1 Å². The van der Waals surface area contributed by atoms with Crippen molar-refractivity contribution in [3.05, 3.63) is 59.1 Å². The molecule has 120 valence electrons. The molecule has 3 rings (SSSR count). The van der Waals surface area contributed by atoms with Crippen LogP contribution < -0.4 is 10.5 Å². The number of aliphatic hydroxyl groups excluding tert-OH is 1. The molecule has 0 aliphatic carbocycles. The highest BCUT2D eigenvalue weighted by Gasteiger charge is 2.19. The molecule has 5 heteroatoms. The second-order valence-electron chi connectivity index (χ2n) is 5.56. The minimum Gasteiger partial charge on any atom is -0.441 e. The van der Waals surface area contributed by atoms with Crippen molar-refractivity contribution in [3.8, 4) is 11.6 Å².